The summed E-state index contributed by atoms with van der Waals surface area (Å²) in [5.41, 5.74) is -0.697. The van der Waals surface area contributed by atoms with Crippen LogP contribution >= 0.6 is 34.8 Å². The zero-order valence-corrected chi connectivity index (χ0v) is 7.48. The summed E-state index contributed by atoms with van der Waals surface area (Å²) in [4.78, 5) is 0. The van der Waals surface area contributed by atoms with Crippen LogP contribution in [0.25, 0.3) is 0 Å². The number of hydrogen-bond donors (Lipinski definition) is 0. The molecule has 0 saturated carbocycles. The van der Waals surface area contributed by atoms with E-state index in [2.05, 4.69) is 5.92 Å². The second kappa shape index (κ2) is 2.58. The van der Waals surface area contributed by atoms with Crippen molar-refractivity contribution in [2.45, 2.75) is 17.6 Å². The molecule has 0 nitrogen and oxygen atoms in total. The fraction of sp³-hybridized carbons (Fsp3) is 0.667. The minimum Gasteiger partial charge on any atom is -0.119 e. The summed E-state index contributed by atoms with van der Waals surface area (Å²) < 4.78 is -1.37. The van der Waals surface area contributed by atoms with Gasteiger partial charge in [-0.15, -0.1) is 6.42 Å². The Morgan fingerprint density at radius 1 is 1.22 bits per heavy atom. The zero-order valence-electron chi connectivity index (χ0n) is 5.21. The van der Waals surface area contributed by atoms with Crippen LogP contribution in [0.5, 0.6) is 0 Å². The lowest BCUT2D eigenvalue weighted by Crippen LogP contribution is -2.26. The van der Waals surface area contributed by atoms with Crippen LogP contribution < -0.4 is 0 Å². The van der Waals surface area contributed by atoms with Crippen LogP contribution in [-0.4, -0.2) is 3.79 Å². The van der Waals surface area contributed by atoms with Crippen LogP contribution in [0.1, 0.15) is 13.8 Å². The van der Waals surface area contributed by atoms with Gasteiger partial charge in [0, 0.05) is 0 Å². The minimum atomic E-state index is -1.37. The van der Waals surface area contributed by atoms with E-state index in [4.69, 9.17) is 41.2 Å². The molecular weight excluding hydrogens is 178 g/mol. The maximum Gasteiger partial charge on any atom is 0.206 e. The van der Waals surface area contributed by atoms with Crippen molar-refractivity contribution in [1.82, 2.24) is 0 Å². The lowest BCUT2D eigenvalue weighted by Gasteiger charge is -2.25. The molecule has 9 heavy (non-hydrogen) atoms. The molecule has 52 valence electrons. The van der Waals surface area contributed by atoms with Crippen LogP contribution in [0.15, 0.2) is 0 Å². The molecule has 0 spiro atoms. The minimum absolute atomic E-state index is 0.697. The number of rotatable bonds is 0. The third-order valence-corrected chi connectivity index (χ3v) is 2.49. The maximum absolute atomic E-state index is 5.51. The Bertz CT molecular complexity index is 135. The highest BCUT2D eigenvalue weighted by atomic mass is 35.6. The normalized spacial score (nSPS) is 12.9. The largest absolute Gasteiger partial charge is 0.206 e. The first-order valence-electron chi connectivity index (χ1n) is 2.36. The van der Waals surface area contributed by atoms with Crippen molar-refractivity contribution < 1.29 is 0 Å². The molecule has 0 radical (unpaired) electrons. The van der Waals surface area contributed by atoms with Crippen LogP contribution in [-0.2, 0) is 0 Å². The Hall–Kier alpha value is 0.430. The molecule has 0 unspecified atom stereocenters. The first-order chi connectivity index (χ1) is 3.81. The van der Waals surface area contributed by atoms with Gasteiger partial charge in [0.25, 0.3) is 0 Å². The molecule has 0 aromatic rings. The molecule has 0 aliphatic heterocycles. The highest BCUT2D eigenvalue weighted by molar-refractivity contribution is 6.68. The Kier molecular flexibility index (Phi) is 2.70. The lowest BCUT2D eigenvalue weighted by molar-refractivity contribution is 0.517. The summed E-state index contributed by atoms with van der Waals surface area (Å²) in [5.74, 6) is 2.39. The number of halogens is 3. The molecule has 0 aromatic heterocycles. The molecule has 0 saturated heterocycles. The van der Waals surface area contributed by atoms with Gasteiger partial charge < -0.3 is 0 Å². The van der Waals surface area contributed by atoms with E-state index in [1.54, 1.807) is 13.8 Å². The monoisotopic (exact) mass is 184 g/mol. The summed E-state index contributed by atoms with van der Waals surface area (Å²) in [6.45, 7) is 3.39. The van der Waals surface area contributed by atoms with Crippen LogP contribution in [0.2, 0.25) is 0 Å². The molecule has 0 atom stereocenters. The van der Waals surface area contributed by atoms with Gasteiger partial charge in [-0.25, -0.2) is 0 Å². The van der Waals surface area contributed by atoms with Crippen LogP contribution in [0, 0.1) is 17.8 Å². The Labute approximate surface area is 70.5 Å². The second-order valence-electron chi connectivity index (χ2n) is 2.27. The van der Waals surface area contributed by atoms with Gasteiger partial charge in [-0.2, -0.15) is 0 Å². The average molecular weight is 185 g/mol. The third kappa shape index (κ3) is 2.26. The predicted octanol–water partition coefficient (Wildman–Crippen LogP) is 3.02. The first kappa shape index (κ1) is 9.43. The highest BCUT2D eigenvalue weighted by Crippen LogP contribution is 2.43. The topological polar surface area (TPSA) is 0 Å². The third-order valence-electron chi connectivity index (χ3n) is 1.07. The van der Waals surface area contributed by atoms with E-state index in [0.717, 1.165) is 0 Å². The molecular formula is C6H7Cl3. The maximum atomic E-state index is 5.51. The second-order valence-corrected chi connectivity index (χ2v) is 4.55. The van der Waals surface area contributed by atoms with E-state index in [0.29, 0.717) is 0 Å². The van der Waals surface area contributed by atoms with E-state index in [9.17, 15) is 0 Å². The van der Waals surface area contributed by atoms with Crippen molar-refractivity contribution in [2.24, 2.45) is 5.41 Å². The molecule has 0 N–H and O–H groups in total. The molecule has 0 amide bonds. The van der Waals surface area contributed by atoms with Crippen molar-refractivity contribution in [3.8, 4) is 12.3 Å². The Balaban J connectivity index is 4.39. The average Bonchev–Trinajstić information content (AvgIpc) is 1.64. The SMILES string of the molecule is C#CC(C)(C)C(Cl)(Cl)Cl. The van der Waals surface area contributed by atoms with Crippen LogP contribution in [0.4, 0.5) is 0 Å². The molecule has 0 aromatic carbocycles. The quantitative estimate of drug-likeness (QED) is 0.402. The number of hydrogen-bond acceptors (Lipinski definition) is 0. The zero-order chi connectivity index (χ0) is 7.71. The van der Waals surface area contributed by atoms with Crippen LogP contribution in [0.3, 0.4) is 0 Å². The van der Waals surface area contributed by atoms with Crippen molar-refractivity contribution in [3.05, 3.63) is 0 Å². The summed E-state index contributed by atoms with van der Waals surface area (Å²) in [6.07, 6.45) is 5.09. The molecule has 3 heteroatoms. The smallest absolute Gasteiger partial charge is 0.119 e. The van der Waals surface area contributed by atoms with Crippen molar-refractivity contribution in [2.75, 3.05) is 0 Å². The summed E-state index contributed by atoms with van der Waals surface area (Å²) in [6, 6.07) is 0. The molecule has 0 bridgehead atoms. The summed E-state index contributed by atoms with van der Waals surface area (Å²) in [7, 11) is 0. The predicted molar refractivity (Wildman–Crippen MR) is 42.9 cm³/mol. The standard InChI is InChI=1S/C6H7Cl3/c1-4-5(2,3)6(7,8)9/h1H,2-3H3. The van der Waals surface area contributed by atoms with Gasteiger partial charge in [0.15, 0.2) is 0 Å². The fourth-order valence-electron chi connectivity index (χ4n) is 0.0818. The van der Waals surface area contributed by atoms with E-state index >= 15 is 0 Å². The van der Waals surface area contributed by atoms with E-state index < -0.39 is 9.21 Å². The summed E-state index contributed by atoms with van der Waals surface area (Å²) in [5, 5.41) is 0. The van der Waals surface area contributed by atoms with Crippen molar-refractivity contribution in [1.29, 1.82) is 0 Å². The number of alkyl halides is 3. The van der Waals surface area contributed by atoms with Gasteiger partial charge in [0.05, 0.1) is 5.41 Å². The summed E-state index contributed by atoms with van der Waals surface area (Å²) >= 11 is 16.5. The van der Waals surface area contributed by atoms with E-state index in [-0.39, 0.29) is 0 Å². The van der Waals surface area contributed by atoms with Gasteiger partial charge in [-0.1, -0.05) is 40.7 Å². The lowest BCUT2D eigenvalue weighted by atomic mass is 9.98. The number of terminal acetylenes is 1. The highest BCUT2D eigenvalue weighted by Gasteiger charge is 2.38. The molecule has 0 aliphatic rings. The van der Waals surface area contributed by atoms with Gasteiger partial charge in [-0.05, 0) is 13.8 Å². The van der Waals surface area contributed by atoms with E-state index in [1.165, 1.54) is 0 Å². The fourth-order valence-corrected chi connectivity index (χ4v) is 0.245. The molecule has 0 rings (SSSR count). The van der Waals surface area contributed by atoms with Gasteiger partial charge in [-0.3, -0.25) is 0 Å². The van der Waals surface area contributed by atoms with E-state index in [1.807, 2.05) is 0 Å². The Morgan fingerprint density at radius 2 is 1.56 bits per heavy atom. The van der Waals surface area contributed by atoms with Crippen molar-refractivity contribution >= 4 is 34.8 Å². The molecule has 0 fully saturated rings. The first-order valence-corrected chi connectivity index (χ1v) is 3.49. The van der Waals surface area contributed by atoms with Gasteiger partial charge >= 0.3 is 0 Å². The van der Waals surface area contributed by atoms with Gasteiger partial charge in [0.1, 0.15) is 0 Å². The Morgan fingerprint density at radius 3 is 1.56 bits per heavy atom. The van der Waals surface area contributed by atoms with Crippen molar-refractivity contribution in [3.63, 3.8) is 0 Å². The molecule has 0 aliphatic carbocycles. The van der Waals surface area contributed by atoms with Gasteiger partial charge in [0.2, 0.25) is 3.79 Å². The molecule has 0 heterocycles.